The molecule has 4 rings (SSSR count). The lowest BCUT2D eigenvalue weighted by Gasteiger charge is -2.28. The number of esters is 1. The Morgan fingerprint density at radius 1 is 0.911 bits per heavy atom. The molecule has 45 heavy (non-hydrogen) atoms. The lowest BCUT2D eigenvalue weighted by molar-refractivity contribution is -0.204. The van der Waals surface area contributed by atoms with E-state index in [1.165, 1.54) is 19.2 Å². The standard InChI is InChI=1S/C34H28Br2FN3O5/c1-42-32(41)17-25-9-10-29(35)16-28(25)21-45-34(22-39,18-23-5-3-2-4-6-23)44-14-13-26-15-24(19-38)7-8-27(26)20-43-31-12-11-30(37)33(36)40-31/h2-12,15-16H,13-14,17-18,20-21H2,1H3. The molecule has 1 unspecified atom stereocenters. The smallest absolute Gasteiger partial charge is 0.309 e. The van der Waals surface area contributed by atoms with Crippen molar-refractivity contribution in [2.75, 3.05) is 13.7 Å². The van der Waals surface area contributed by atoms with E-state index >= 15 is 0 Å². The lowest BCUT2D eigenvalue weighted by Crippen LogP contribution is -2.37. The van der Waals surface area contributed by atoms with Crippen molar-refractivity contribution in [1.29, 1.82) is 10.5 Å². The molecule has 1 heterocycles. The van der Waals surface area contributed by atoms with E-state index in [1.54, 1.807) is 24.3 Å². The third kappa shape index (κ3) is 9.68. The number of nitrogens with zero attached hydrogens (tertiary/aromatic N) is 3. The fourth-order valence-electron chi connectivity index (χ4n) is 4.46. The summed E-state index contributed by atoms with van der Waals surface area (Å²) in [6.07, 6.45) is 0.525. The quantitative estimate of drug-likeness (QED) is 0.0762. The van der Waals surface area contributed by atoms with Crippen LogP contribution in [-0.4, -0.2) is 30.5 Å². The molecule has 0 fully saturated rings. The van der Waals surface area contributed by atoms with Gasteiger partial charge in [-0.1, -0.05) is 58.4 Å². The van der Waals surface area contributed by atoms with Crippen LogP contribution in [0, 0.1) is 28.5 Å². The van der Waals surface area contributed by atoms with Crippen LogP contribution in [0.15, 0.2) is 87.9 Å². The molecule has 4 aromatic rings. The predicted octanol–water partition coefficient (Wildman–Crippen LogP) is 7.15. The van der Waals surface area contributed by atoms with Gasteiger partial charge in [-0.3, -0.25) is 4.79 Å². The maximum Gasteiger partial charge on any atom is 0.309 e. The van der Waals surface area contributed by atoms with Gasteiger partial charge in [-0.15, -0.1) is 0 Å². The van der Waals surface area contributed by atoms with E-state index in [-0.39, 0.29) is 43.1 Å². The summed E-state index contributed by atoms with van der Waals surface area (Å²) in [4.78, 5) is 16.1. The molecule has 0 radical (unpaired) electrons. The van der Waals surface area contributed by atoms with Crippen molar-refractivity contribution in [3.8, 4) is 18.0 Å². The van der Waals surface area contributed by atoms with Crippen LogP contribution in [0.5, 0.6) is 5.88 Å². The number of aromatic nitrogens is 1. The summed E-state index contributed by atoms with van der Waals surface area (Å²) in [5.74, 6) is -2.33. The van der Waals surface area contributed by atoms with Crippen LogP contribution < -0.4 is 4.74 Å². The van der Waals surface area contributed by atoms with E-state index in [1.807, 2.05) is 42.5 Å². The van der Waals surface area contributed by atoms with Crippen molar-refractivity contribution >= 4 is 37.8 Å². The van der Waals surface area contributed by atoms with Gasteiger partial charge in [0.2, 0.25) is 5.88 Å². The van der Waals surface area contributed by atoms with E-state index in [0.717, 1.165) is 21.2 Å². The van der Waals surface area contributed by atoms with Gasteiger partial charge in [-0.2, -0.15) is 10.5 Å². The molecule has 0 bridgehead atoms. The van der Waals surface area contributed by atoms with Gasteiger partial charge in [-0.05, 0) is 80.5 Å². The predicted molar refractivity (Wildman–Crippen MR) is 170 cm³/mol. The largest absolute Gasteiger partial charge is 0.473 e. The van der Waals surface area contributed by atoms with Crippen LogP contribution >= 0.6 is 31.9 Å². The van der Waals surface area contributed by atoms with Crippen LogP contribution in [-0.2, 0) is 51.5 Å². The fourth-order valence-corrected chi connectivity index (χ4v) is 5.18. The first kappa shape index (κ1) is 33.8. The number of methoxy groups -OCH3 is 1. The molecular formula is C34H28Br2FN3O5. The Morgan fingerprint density at radius 2 is 1.69 bits per heavy atom. The van der Waals surface area contributed by atoms with Gasteiger partial charge >= 0.3 is 5.97 Å². The van der Waals surface area contributed by atoms with Crippen LogP contribution in [0.2, 0.25) is 0 Å². The third-order valence-electron chi connectivity index (χ3n) is 6.84. The fraction of sp³-hybridized carbons (Fsp3) is 0.235. The number of pyridine rings is 1. The van der Waals surface area contributed by atoms with Crippen molar-refractivity contribution < 1.29 is 28.1 Å². The number of benzene rings is 3. The maximum atomic E-state index is 13.6. The minimum absolute atomic E-state index is 0.00457. The van der Waals surface area contributed by atoms with Crippen molar-refractivity contribution in [1.82, 2.24) is 4.98 Å². The molecule has 0 aliphatic heterocycles. The molecule has 3 aromatic carbocycles. The summed E-state index contributed by atoms with van der Waals surface area (Å²) in [6.45, 7) is 0.188. The molecule has 0 amide bonds. The Hall–Kier alpha value is -4.13. The SMILES string of the molecule is COC(=O)Cc1ccc(Br)cc1COC(C#N)(Cc1ccccc1)OCCc1cc(C#N)ccc1COc1ccc(F)c(Br)n1. The summed E-state index contributed by atoms with van der Waals surface area (Å²) in [7, 11) is 1.33. The average Bonchev–Trinajstić information content (AvgIpc) is 3.05. The normalized spacial score (nSPS) is 12.0. The molecule has 230 valence electrons. The molecule has 0 aliphatic carbocycles. The second-order valence-electron chi connectivity index (χ2n) is 9.89. The first-order valence-corrected chi connectivity index (χ1v) is 15.4. The van der Waals surface area contributed by atoms with Crippen molar-refractivity contribution in [2.24, 2.45) is 0 Å². The van der Waals surface area contributed by atoms with E-state index in [9.17, 15) is 19.7 Å². The highest BCUT2D eigenvalue weighted by atomic mass is 79.9. The Bertz CT molecular complexity index is 1730. The van der Waals surface area contributed by atoms with E-state index in [2.05, 4.69) is 49.0 Å². The second-order valence-corrected chi connectivity index (χ2v) is 11.6. The molecule has 0 aliphatic rings. The average molecular weight is 737 g/mol. The van der Waals surface area contributed by atoms with Gasteiger partial charge in [0.05, 0.1) is 38.4 Å². The van der Waals surface area contributed by atoms with Crippen molar-refractivity contribution in [3.05, 3.63) is 127 Å². The Balaban J connectivity index is 1.54. The highest BCUT2D eigenvalue weighted by molar-refractivity contribution is 9.10. The number of carbonyl (C=O) groups is 1. The number of rotatable bonds is 14. The van der Waals surface area contributed by atoms with Gasteiger partial charge in [0.1, 0.15) is 17.3 Å². The molecule has 11 heteroatoms. The molecule has 0 saturated carbocycles. The number of halogens is 3. The molecule has 8 nitrogen and oxygen atoms in total. The maximum absolute atomic E-state index is 13.6. The first-order valence-electron chi connectivity index (χ1n) is 13.8. The third-order valence-corrected chi connectivity index (χ3v) is 7.89. The highest BCUT2D eigenvalue weighted by Gasteiger charge is 2.33. The van der Waals surface area contributed by atoms with E-state index < -0.39 is 17.6 Å². The number of hydrogen-bond acceptors (Lipinski definition) is 8. The monoisotopic (exact) mass is 735 g/mol. The van der Waals surface area contributed by atoms with Crippen LogP contribution in [0.4, 0.5) is 4.39 Å². The molecule has 0 N–H and O–H groups in total. The van der Waals surface area contributed by atoms with Gasteiger partial charge in [0.15, 0.2) is 5.82 Å². The van der Waals surface area contributed by atoms with Crippen molar-refractivity contribution in [2.45, 2.75) is 38.3 Å². The second kappa shape index (κ2) is 16.3. The summed E-state index contributed by atoms with van der Waals surface area (Å²) in [5.41, 5.74) is 4.24. The number of carbonyl (C=O) groups excluding carboxylic acids is 1. The first-order chi connectivity index (χ1) is 21.7. The van der Waals surface area contributed by atoms with Crippen LogP contribution in [0.1, 0.15) is 33.4 Å². The van der Waals surface area contributed by atoms with Gasteiger partial charge < -0.3 is 18.9 Å². The Morgan fingerprint density at radius 3 is 2.40 bits per heavy atom. The summed E-state index contributed by atoms with van der Waals surface area (Å²) in [6, 6.07) is 27.1. The zero-order valence-corrected chi connectivity index (χ0v) is 27.4. The van der Waals surface area contributed by atoms with Crippen LogP contribution in [0.3, 0.4) is 0 Å². The minimum Gasteiger partial charge on any atom is -0.473 e. The van der Waals surface area contributed by atoms with Gasteiger partial charge in [-0.25, -0.2) is 9.37 Å². The van der Waals surface area contributed by atoms with Crippen LogP contribution in [0.25, 0.3) is 0 Å². The lowest BCUT2D eigenvalue weighted by atomic mass is 10.0. The summed E-state index contributed by atoms with van der Waals surface area (Å²) < 4.78 is 37.5. The van der Waals surface area contributed by atoms with Gasteiger partial charge in [0, 0.05) is 17.0 Å². The Labute approximate surface area is 277 Å². The molecular weight excluding hydrogens is 709 g/mol. The highest BCUT2D eigenvalue weighted by Crippen LogP contribution is 2.26. The zero-order chi connectivity index (χ0) is 32.2. The molecule has 1 aromatic heterocycles. The van der Waals surface area contributed by atoms with E-state index in [0.29, 0.717) is 23.1 Å². The summed E-state index contributed by atoms with van der Waals surface area (Å²) >= 11 is 6.52. The topological polar surface area (TPSA) is 114 Å². The Kier molecular flexibility index (Phi) is 12.2. The minimum atomic E-state index is -1.67. The zero-order valence-electron chi connectivity index (χ0n) is 24.3. The molecule has 0 spiro atoms. The number of ether oxygens (including phenoxy) is 4. The van der Waals surface area contributed by atoms with Gasteiger partial charge in [0.25, 0.3) is 5.79 Å². The summed E-state index contributed by atoms with van der Waals surface area (Å²) in [5, 5.41) is 19.9. The van der Waals surface area contributed by atoms with E-state index in [4.69, 9.17) is 18.9 Å². The number of nitriles is 2. The van der Waals surface area contributed by atoms with Crippen molar-refractivity contribution in [3.63, 3.8) is 0 Å². The molecule has 0 saturated heterocycles. The molecule has 1 atom stereocenters. The number of hydrogen-bond donors (Lipinski definition) is 0.